The van der Waals surface area contributed by atoms with Gasteiger partial charge in [-0.2, -0.15) is 11.8 Å². The summed E-state index contributed by atoms with van der Waals surface area (Å²) in [4.78, 5) is 0.0347. The van der Waals surface area contributed by atoms with Crippen molar-refractivity contribution >= 4 is 39.0 Å². The third kappa shape index (κ3) is 5.47. The molecule has 0 fully saturated rings. The van der Waals surface area contributed by atoms with E-state index in [1.54, 1.807) is 18.7 Å². The third-order valence-corrected chi connectivity index (χ3v) is 5.39. The molecule has 0 aromatic carbocycles. The highest BCUT2D eigenvalue weighted by Crippen LogP contribution is 2.07. The summed E-state index contributed by atoms with van der Waals surface area (Å²) in [5, 5.41) is -0.760. The first-order valence-corrected chi connectivity index (χ1v) is 8.46. The Morgan fingerprint density at radius 2 is 2.12 bits per heavy atom. The van der Waals surface area contributed by atoms with Gasteiger partial charge in [0, 0.05) is 6.54 Å². The molecule has 0 saturated carbocycles. The number of nitrogens with one attached hydrogen (secondary N) is 1. The van der Waals surface area contributed by atoms with Crippen molar-refractivity contribution in [1.82, 2.24) is 4.72 Å². The minimum absolute atomic E-state index is 0.0347. The van der Waals surface area contributed by atoms with Crippen LogP contribution in [-0.4, -0.2) is 37.2 Å². The maximum absolute atomic E-state index is 11.8. The third-order valence-electron chi connectivity index (χ3n) is 2.15. The van der Waals surface area contributed by atoms with E-state index in [4.69, 9.17) is 18.0 Å². The summed E-state index contributed by atoms with van der Waals surface area (Å²) >= 11 is 6.45. The largest absolute Gasteiger partial charge is 0.392 e. The maximum atomic E-state index is 11.8. The van der Waals surface area contributed by atoms with Crippen LogP contribution in [0.2, 0.25) is 0 Å². The fraction of sp³-hybridized carbons (Fsp3) is 0.889. The van der Waals surface area contributed by atoms with Crippen LogP contribution in [0.25, 0.3) is 0 Å². The summed E-state index contributed by atoms with van der Waals surface area (Å²) in [6.07, 6.45) is 2.40. The second kappa shape index (κ2) is 7.47. The fourth-order valence-corrected chi connectivity index (χ4v) is 3.97. The van der Waals surface area contributed by atoms with Crippen LogP contribution < -0.4 is 10.5 Å². The van der Waals surface area contributed by atoms with Gasteiger partial charge in [0.2, 0.25) is 10.0 Å². The highest BCUT2D eigenvalue weighted by Gasteiger charge is 2.26. The summed E-state index contributed by atoms with van der Waals surface area (Å²) in [7, 11) is -3.41. The molecule has 0 aliphatic carbocycles. The Labute approximate surface area is 108 Å². The monoisotopic (exact) mass is 284 g/mol. The van der Waals surface area contributed by atoms with Gasteiger partial charge in [0.1, 0.15) is 5.25 Å². The summed E-state index contributed by atoms with van der Waals surface area (Å²) in [6.45, 7) is 4.19. The highest BCUT2D eigenvalue weighted by molar-refractivity contribution is 7.98. The molecular formula is C9H20N2O2S3. The smallest absolute Gasteiger partial charge is 0.221 e. The Hall–Kier alpha value is 0.150. The zero-order valence-electron chi connectivity index (χ0n) is 9.89. The van der Waals surface area contributed by atoms with E-state index < -0.39 is 15.3 Å². The second-order valence-corrected chi connectivity index (χ2v) is 7.08. The van der Waals surface area contributed by atoms with Gasteiger partial charge < -0.3 is 5.73 Å². The van der Waals surface area contributed by atoms with Crippen molar-refractivity contribution in [2.75, 3.05) is 18.6 Å². The van der Waals surface area contributed by atoms with Crippen LogP contribution >= 0.6 is 24.0 Å². The number of rotatable bonds is 8. The van der Waals surface area contributed by atoms with Crippen LogP contribution in [0.15, 0.2) is 0 Å². The molecule has 2 unspecified atom stereocenters. The average Bonchev–Trinajstić information content (AvgIpc) is 2.15. The van der Waals surface area contributed by atoms with Gasteiger partial charge in [-0.05, 0) is 24.3 Å². The van der Waals surface area contributed by atoms with E-state index in [1.165, 1.54) is 0 Å². The molecule has 0 bridgehead atoms. The summed E-state index contributed by atoms with van der Waals surface area (Å²) in [5.74, 6) is 1.22. The van der Waals surface area contributed by atoms with Crippen LogP contribution in [0, 0.1) is 5.92 Å². The van der Waals surface area contributed by atoms with Crippen LogP contribution in [-0.2, 0) is 10.0 Å². The summed E-state index contributed by atoms with van der Waals surface area (Å²) in [6, 6.07) is 0. The van der Waals surface area contributed by atoms with Crippen molar-refractivity contribution in [3.63, 3.8) is 0 Å². The van der Waals surface area contributed by atoms with Crippen molar-refractivity contribution in [2.24, 2.45) is 11.7 Å². The van der Waals surface area contributed by atoms with Gasteiger partial charge in [0.25, 0.3) is 0 Å². The molecule has 0 spiro atoms. The zero-order chi connectivity index (χ0) is 12.8. The molecule has 0 rings (SSSR count). The molecule has 0 saturated heterocycles. The molecule has 0 aliphatic heterocycles. The Morgan fingerprint density at radius 1 is 1.56 bits per heavy atom. The molecule has 0 aromatic heterocycles. The lowest BCUT2D eigenvalue weighted by Gasteiger charge is -2.17. The summed E-state index contributed by atoms with van der Waals surface area (Å²) < 4.78 is 26.2. The Balaban J connectivity index is 4.39. The first kappa shape index (κ1) is 16.1. The van der Waals surface area contributed by atoms with Crippen molar-refractivity contribution in [3.05, 3.63) is 0 Å². The summed E-state index contributed by atoms with van der Waals surface area (Å²) in [5.41, 5.74) is 5.41. The van der Waals surface area contributed by atoms with Crippen molar-refractivity contribution in [1.29, 1.82) is 0 Å². The molecule has 16 heavy (non-hydrogen) atoms. The molecule has 96 valence electrons. The molecular weight excluding hydrogens is 264 g/mol. The number of nitrogens with two attached hydrogens (primary N) is 1. The van der Waals surface area contributed by atoms with E-state index in [0.717, 1.165) is 5.75 Å². The first-order valence-electron chi connectivity index (χ1n) is 5.11. The van der Waals surface area contributed by atoms with E-state index in [0.29, 0.717) is 18.9 Å². The Kier molecular flexibility index (Phi) is 7.54. The van der Waals surface area contributed by atoms with Gasteiger partial charge in [0.15, 0.2) is 0 Å². The van der Waals surface area contributed by atoms with Gasteiger partial charge in [0.05, 0.1) is 4.99 Å². The molecule has 0 radical (unpaired) electrons. The molecule has 0 heterocycles. The lowest BCUT2D eigenvalue weighted by atomic mass is 10.2. The van der Waals surface area contributed by atoms with Crippen LogP contribution in [0.4, 0.5) is 0 Å². The molecule has 2 atom stereocenters. The lowest BCUT2D eigenvalue weighted by Crippen LogP contribution is -2.43. The van der Waals surface area contributed by atoms with Gasteiger partial charge in [-0.25, -0.2) is 13.1 Å². The second-order valence-electron chi connectivity index (χ2n) is 3.75. The highest BCUT2D eigenvalue weighted by atomic mass is 32.2. The number of hydrogen-bond acceptors (Lipinski definition) is 4. The number of sulfonamides is 1. The van der Waals surface area contributed by atoms with Crippen LogP contribution in [0.5, 0.6) is 0 Å². The van der Waals surface area contributed by atoms with E-state index in [-0.39, 0.29) is 4.99 Å². The number of thioether (sulfide) groups is 1. The quantitative estimate of drug-likeness (QED) is 0.650. The zero-order valence-corrected chi connectivity index (χ0v) is 12.3. The van der Waals surface area contributed by atoms with Crippen molar-refractivity contribution in [2.45, 2.75) is 25.5 Å². The number of thiocarbonyl (C=S) groups is 1. The van der Waals surface area contributed by atoms with Gasteiger partial charge in [-0.1, -0.05) is 26.1 Å². The SMILES string of the molecule is CCC(C(N)=S)S(=O)(=O)NCC(C)CSC. The standard InChI is InChI=1S/C9H20N2O2S3/c1-4-8(9(10)14)16(12,13)11-5-7(2)6-15-3/h7-8,11H,4-6H2,1-3H3,(H2,10,14). The average molecular weight is 284 g/mol. The Morgan fingerprint density at radius 3 is 2.50 bits per heavy atom. The minimum Gasteiger partial charge on any atom is -0.392 e. The van der Waals surface area contributed by atoms with Crippen LogP contribution in [0.3, 0.4) is 0 Å². The molecule has 4 nitrogen and oxygen atoms in total. The van der Waals surface area contributed by atoms with E-state index in [1.807, 2.05) is 13.2 Å². The van der Waals surface area contributed by atoms with Gasteiger partial charge in [-0.3, -0.25) is 0 Å². The van der Waals surface area contributed by atoms with Crippen LogP contribution in [0.1, 0.15) is 20.3 Å². The van der Waals surface area contributed by atoms with E-state index in [2.05, 4.69) is 4.72 Å². The topological polar surface area (TPSA) is 72.2 Å². The minimum atomic E-state index is -3.41. The predicted molar refractivity (Wildman–Crippen MR) is 75.3 cm³/mol. The van der Waals surface area contributed by atoms with E-state index in [9.17, 15) is 8.42 Å². The maximum Gasteiger partial charge on any atom is 0.221 e. The van der Waals surface area contributed by atoms with Gasteiger partial charge in [-0.15, -0.1) is 0 Å². The Bertz CT molecular complexity index is 317. The van der Waals surface area contributed by atoms with Crippen molar-refractivity contribution < 1.29 is 8.42 Å². The fourth-order valence-electron chi connectivity index (χ4n) is 1.28. The normalized spacial score (nSPS) is 15.7. The van der Waals surface area contributed by atoms with Gasteiger partial charge >= 0.3 is 0 Å². The van der Waals surface area contributed by atoms with Crippen molar-refractivity contribution in [3.8, 4) is 0 Å². The van der Waals surface area contributed by atoms with E-state index >= 15 is 0 Å². The molecule has 0 amide bonds. The molecule has 7 heteroatoms. The first-order chi connectivity index (χ1) is 7.35. The lowest BCUT2D eigenvalue weighted by molar-refractivity contribution is 0.556. The molecule has 3 N–H and O–H groups in total. The molecule has 0 aromatic rings. The molecule has 0 aliphatic rings. The predicted octanol–water partition coefficient (Wildman–Crippen LogP) is 0.970. The number of hydrogen-bond donors (Lipinski definition) is 2.